The van der Waals surface area contributed by atoms with Gasteiger partial charge in [-0.15, -0.1) is 0 Å². The molecule has 3 aromatic rings. The van der Waals surface area contributed by atoms with Crippen LogP contribution in [0.15, 0.2) is 65.5 Å². The smallest absolute Gasteiger partial charge is 0.263 e. The van der Waals surface area contributed by atoms with E-state index in [0.717, 1.165) is 0 Å². The zero-order valence-corrected chi connectivity index (χ0v) is 13.1. The highest BCUT2D eigenvalue weighted by Gasteiger charge is 2.28. The lowest BCUT2D eigenvalue weighted by molar-refractivity contribution is 0.0974. The van der Waals surface area contributed by atoms with E-state index in [1.165, 1.54) is 0 Å². The van der Waals surface area contributed by atoms with Crippen molar-refractivity contribution in [1.29, 1.82) is 0 Å². The van der Waals surface area contributed by atoms with E-state index in [2.05, 4.69) is 9.97 Å². The number of amides is 1. The fourth-order valence-corrected chi connectivity index (χ4v) is 2.51. The van der Waals surface area contributed by atoms with Crippen LogP contribution in [0.25, 0.3) is 0 Å². The zero-order valence-electron chi connectivity index (χ0n) is 12.4. The second-order valence-electron chi connectivity index (χ2n) is 4.90. The summed E-state index contributed by atoms with van der Waals surface area (Å²) in [4.78, 5) is 22.8. The van der Waals surface area contributed by atoms with E-state index < -0.39 is 0 Å². The minimum atomic E-state index is -0.344. The van der Waals surface area contributed by atoms with E-state index in [0.29, 0.717) is 17.1 Å². The Morgan fingerprint density at radius 2 is 1.96 bits per heavy atom. The number of rotatable bonds is 4. The summed E-state index contributed by atoms with van der Waals surface area (Å²) in [6.45, 7) is 1.87. The molecule has 0 spiro atoms. The lowest BCUT2D eigenvalue weighted by Gasteiger charge is -2.27. The molecule has 116 valence electrons. The van der Waals surface area contributed by atoms with Crippen LogP contribution in [0.5, 0.6) is 0 Å². The van der Waals surface area contributed by atoms with Crippen LogP contribution in [0.2, 0.25) is 5.15 Å². The van der Waals surface area contributed by atoms with Gasteiger partial charge in [-0.2, -0.15) is 0 Å². The summed E-state index contributed by atoms with van der Waals surface area (Å²) in [6.07, 6.45) is 4.75. The van der Waals surface area contributed by atoms with Crippen LogP contribution in [0, 0.1) is 0 Å². The molecule has 0 saturated carbocycles. The van der Waals surface area contributed by atoms with E-state index in [1.54, 1.807) is 53.9 Å². The van der Waals surface area contributed by atoms with Gasteiger partial charge in [0.25, 0.3) is 5.91 Å². The van der Waals surface area contributed by atoms with Gasteiger partial charge < -0.3 is 4.42 Å². The summed E-state index contributed by atoms with van der Waals surface area (Å²) in [7, 11) is 0. The van der Waals surface area contributed by atoms with Gasteiger partial charge in [0, 0.05) is 12.4 Å². The predicted molar refractivity (Wildman–Crippen MR) is 87.4 cm³/mol. The van der Waals surface area contributed by atoms with Gasteiger partial charge in [0.2, 0.25) is 0 Å². The molecule has 3 heterocycles. The fourth-order valence-electron chi connectivity index (χ4n) is 2.31. The molecule has 1 amide bonds. The SMILES string of the molecule is C[C@H](c1ccco1)N(C(=O)c1cccnc1Cl)c1ccccn1. The summed E-state index contributed by atoms with van der Waals surface area (Å²) in [6, 6.07) is 12.0. The van der Waals surface area contributed by atoms with E-state index in [1.807, 2.05) is 19.1 Å². The number of anilines is 1. The van der Waals surface area contributed by atoms with E-state index in [4.69, 9.17) is 16.0 Å². The van der Waals surface area contributed by atoms with Crippen molar-refractivity contribution in [2.75, 3.05) is 4.90 Å². The first-order valence-electron chi connectivity index (χ1n) is 7.07. The number of carbonyl (C=O) groups excluding carboxylic acids is 1. The Kier molecular flexibility index (Phi) is 4.39. The third-order valence-corrected chi connectivity index (χ3v) is 3.75. The number of carbonyl (C=O) groups is 1. The van der Waals surface area contributed by atoms with E-state index in [-0.39, 0.29) is 17.1 Å². The summed E-state index contributed by atoms with van der Waals surface area (Å²) >= 11 is 6.08. The van der Waals surface area contributed by atoms with Gasteiger partial charge in [0.05, 0.1) is 17.9 Å². The van der Waals surface area contributed by atoms with Crippen molar-refractivity contribution in [1.82, 2.24) is 9.97 Å². The minimum absolute atomic E-state index is 0.157. The Balaban J connectivity index is 2.05. The first-order valence-corrected chi connectivity index (χ1v) is 7.45. The van der Waals surface area contributed by atoms with Crippen LogP contribution in [0.1, 0.15) is 29.1 Å². The van der Waals surface area contributed by atoms with Crippen LogP contribution in [-0.2, 0) is 0 Å². The monoisotopic (exact) mass is 327 g/mol. The Morgan fingerprint density at radius 3 is 2.61 bits per heavy atom. The second kappa shape index (κ2) is 6.62. The van der Waals surface area contributed by atoms with Crippen molar-refractivity contribution in [3.05, 3.63) is 77.6 Å². The predicted octanol–water partition coefficient (Wildman–Crippen LogP) is 4.13. The molecule has 1 atom stereocenters. The third-order valence-electron chi connectivity index (χ3n) is 3.45. The summed E-state index contributed by atoms with van der Waals surface area (Å²) in [5.41, 5.74) is 0.318. The minimum Gasteiger partial charge on any atom is -0.467 e. The third kappa shape index (κ3) is 3.10. The summed E-state index contributed by atoms with van der Waals surface area (Å²) < 4.78 is 5.44. The number of hydrogen-bond acceptors (Lipinski definition) is 4. The van der Waals surface area contributed by atoms with Gasteiger partial charge in [-0.05, 0) is 43.3 Å². The van der Waals surface area contributed by atoms with E-state index >= 15 is 0 Å². The Morgan fingerprint density at radius 1 is 1.13 bits per heavy atom. The van der Waals surface area contributed by atoms with Crippen LogP contribution < -0.4 is 4.90 Å². The quantitative estimate of drug-likeness (QED) is 0.676. The van der Waals surface area contributed by atoms with Crippen molar-refractivity contribution in [2.24, 2.45) is 0 Å². The number of pyridine rings is 2. The molecule has 5 nitrogen and oxygen atoms in total. The van der Waals surface area contributed by atoms with Crippen molar-refractivity contribution in [2.45, 2.75) is 13.0 Å². The first-order chi connectivity index (χ1) is 11.2. The van der Waals surface area contributed by atoms with Crippen LogP contribution in [0.4, 0.5) is 5.82 Å². The second-order valence-corrected chi connectivity index (χ2v) is 5.25. The Labute approximate surface area is 138 Å². The van der Waals surface area contributed by atoms with Crippen molar-refractivity contribution in [3.8, 4) is 0 Å². The number of halogens is 1. The lowest BCUT2D eigenvalue weighted by Crippen LogP contribution is -2.34. The summed E-state index contributed by atoms with van der Waals surface area (Å²) in [5, 5.41) is 0.157. The number of nitrogens with zero attached hydrogens (tertiary/aromatic N) is 3. The molecule has 0 radical (unpaired) electrons. The molecule has 0 aromatic carbocycles. The number of aromatic nitrogens is 2. The molecule has 3 aromatic heterocycles. The largest absolute Gasteiger partial charge is 0.467 e. The first kappa shape index (κ1) is 15.2. The molecule has 0 saturated heterocycles. The highest BCUT2D eigenvalue weighted by Crippen LogP contribution is 2.28. The van der Waals surface area contributed by atoms with Gasteiger partial charge in [0.1, 0.15) is 16.7 Å². The zero-order chi connectivity index (χ0) is 16.2. The molecule has 0 aliphatic carbocycles. The molecular weight excluding hydrogens is 314 g/mol. The van der Waals surface area contributed by atoms with Crippen LogP contribution in [0.3, 0.4) is 0 Å². The van der Waals surface area contributed by atoms with Gasteiger partial charge in [-0.1, -0.05) is 17.7 Å². The molecule has 6 heteroatoms. The molecule has 3 rings (SSSR count). The summed E-state index contributed by atoms with van der Waals surface area (Å²) in [5.74, 6) is 0.885. The van der Waals surface area contributed by atoms with Gasteiger partial charge in [0.15, 0.2) is 0 Å². The maximum atomic E-state index is 13.0. The maximum absolute atomic E-state index is 13.0. The molecule has 0 unspecified atom stereocenters. The molecule has 0 aliphatic heterocycles. The molecule has 0 aliphatic rings. The molecule has 23 heavy (non-hydrogen) atoms. The van der Waals surface area contributed by atoms with Crippen molar-refractivity contribution < 1.29 is 9.21 Å². The fraction of sp³-hybridized carbons (Fsp3) is 0.118. The van der Waals surface area contributed by atoms with Crippen LogP contribution in [-0.4, -0.2) is 15.9 Å². The normalized spacial score (nSPS) is 11.9. The molecular formula is C17H14ClN3O2. The van der Waals surface area contributed by atoms with Crippen LogP contribution >= 0.6 is 11.6 Å². The highest BCUT2D eigenvalue weighted by atomic mass is 35.5. The Hall–Kier alpha value is -2.66. The van der Waals surface area contributed by atoms with Crippen molar-refractivity contribution >= 4 is 23.3 Å². The average molecular weight is 328 g/mol. The standard InChI is InChI=1S/C17H14ClN3O2/c1-12(14-7-5-11-23-14)21(15-8-2-3-9-19-15)17(22)13-6-4-10-20-16(13)18/h2-12H,1H3/t12-/m1/s1. The average Bonchev–Trinajstić information content (AvgIpc) is 3.11. The van der Waals surface area contributed by atoms with Gasteiger partial charge >= 0.3 is 0 Å². The van der Waals surface area contributed by atoms with E-state index in [9.17, 15) is 4.79 Å². The lowest BCUT2D eigenvalue weighted by atomic mass is 10.1. The van der Waals surface area contributed by atoms with Gasteiger partial charge in [-0.25, -0.2) is 9.97 Å². The number of furan rings is 1. The molecule has 0 bridgehead atoms. The molecule has 0 fully saturated rings. The van der Waals surface area contributed by atoms with Crippen molar-refractivity contribution in [3.63, 3.8) is 0 Å². The molecule has 0 N–H and O–H groups in total. The number of hydrogen-bond donors (Lipinski definition) is 0. The van der Waals surface area contributed by atoms with Gasteiger partial charge in [-0.3, -0.25) is 9.69 Å². The maximum Gasteiger partial charge on any atom is 0.263 e. The highest BCUT2D eigenvalue weighted by molar-refractivity contribution is 6.33. The topological polar surface area (TPSA) is 59.2 Å². The Bertz CT molecular complexity index is 791.